The Morgan fingerprint density at radius 2 is 2.44 bits per heavy atom. The Labute approximate surface area is 116 Å². The molecule has 6 heteroatoms. The van der Waals surface area contributed by atoms with E-state index in [1.807, 2.05) is 12.1 Å². The second kappa shape index (κ2) is 6.02. The molecule has 1 fully saturated rings. The maximum atomic E-state index is 11.9. The fourth-order valence-electron chi connectivity index (χ4n) is 2.31. The van der Waals surface area contributed by atoms with Gasteiger partial charge in [-0.3, -0.25) is 9.69 Å². The Balaban J connectivity index is 2.15. The highest BCUT2D eigenvalue weighted by Gasteiger charge is 2.32. The summed E-state index contributed by atoms with van der Waals surface area (Å²) in [5, 5.41) is 6.00. The summed E-state index contributed by atoms with van der Waals surface area (Å²) in [6.07, 6.45) is 0. The molecule has 0 aromatic carbocycles. The Hall–Kier alpha value is -0.620. The zero-order valence-electron chi connectivity index (χ0n) is 10.6. The second-order valence-electron chi connectivity index (χ2n) is 4.39. The molecule has 2 unspecified atom stereocenters. The maximum Gasteiger partial charge on any atom is 0.238 e. The number of hydrogen-bond acceptors (Lipinski definition) is 4. The van der Waals surface area contributed by atoms with E-state index in [0.29, 0.717) is 6.54 Å². The lowest BCUT2D eigenvalue weighted by molar-refractivity contribution is -0.127. The molecule has 0 radical (unpaired) electrons. The van der Waals surface area contributed by atoms with Gasteiger partial charge in [0.2, 0.25) is 5.91 Å². The molecule has 0 spiro atoms. The largest absolute Gasteiger partial charge is 0.358 e. The normalized spacial score (nSPS) is 22.7. The number of amides is 1. The summed E-state index contributed by atoms with van der Waals surface area (Å²) in [5.74, 6) is 0.0664. The second-order valence-corrected chi connectivity index (χ2v) is 6.14. The van der Waals surface area contributed by atoms with Crippen molar-refractivity contribution >= 4 is 28.8 Å². The molecule has 1 aromatic rings. The molecule has 4 nitrogen and oxygen atoms in total. The van der Waals surface area contributed by atoms with Gasteiger partial charge in [0.15, 0.2) is 0 Å². The first-order chi connectivity index (χ1) is 8.63. The summed E-state index contributed by atoms with van der Waals surface area (Å²) >= 11 is 7.56. The standard InChI is InChI=1S/C12H18ClN3OS/c1-8(10-3-4-11(13)18-10)16-6-5-15-7-9(16)12(17)14-2/h3-4,8-9,15H,5-7H2,1-2H3,(H,14,17). The minimum Gasteiger partial charge on any atom is -0.358 e. The zero-order chi connectivity index (χ0) is 13.1. The number of nitrogens with one attached hydrogen (secondary N) is 2. The van der Waals surface area contributed by atoms with Crippen LogP contribution in [0.4, 0.5) is 0 Å². The van der Waals surface area contributed by atoms with Crippen LogP contribution in [0.2, 0.25) is 4.34 Å². The fraction of sp³-hybridized carbons (Fsp3) is 0.583. The Morgan fingerprint density at radius 1 is 1.67 bits per heavy atom. The number of hydrogen-bond donors (Lipinski definition) is 2. The van der Waals surface area contributed by atoms with Crippen LogP contribution < -0.4 is 10.6 Å². The quantitative estimate of drug-likeness (QED) is 0.885. The molecular formula is C12H18ClN3OS. The van der Waals surface area contributed by atoms with Crippen molar-refractivity contribution in [2.24, 2.45) is 0 Å². The third-order valence-corrected chi connectivity index (χ3v) is 4.74. The van der Waals surface area contributed by atoms with Crippen LogP contribution in [-0.4, -0.2) is 43.5 Å². The van der Waals surface area contributed by atoms with Gasteiger partial charge < -0.3 is 10.6 Å². The molecule has 2 rings (SSSR count). The molecule has 2 heterocycles. The molecule has 2 N–H and O–H groups in total. The summed E-state index contributed by atoms with van der Waals surface area (Å²) in [5.41, 5.74) is 0. The van der Waals surface area contributed by atoms with E-state index in [9.17, 15) is 4.79 Å². The highest BCUT2D eigenvalue weighted by Crippen LogP contribution is 2.31. The van der Waals surface area contributed by atoms with Gasteiger partial charge in [-0.2, -0.15) is 0 Å². The summed E-state index contributed by atoms with van der Waals surface area (Å²) in [6, 6.07) is 4.06. The molecule has 1 amide bonds. The first-order valence-corrected chi connectivity index (χ1v) is 7.26. The van der Waals surface area contributed by atoms with Gasteiger partial charge in [-0.05, 0) is 19.1 Å². The summed E-state index contributed by atoms with van der Waals surface area (Å²) in [4.78, 5) is 15.3. The van der Waals surface area contributed by atoms with Gasteiger partial charge in [0.05, 0.1) is 4.34 Å². The lowest BCUT2D eigenvalue weighted by Crippen LogP contribution is -2.57. The molecule has 2 atom stereocenters. The number of likely N-dealkylation sites (N-methyl/N-ethyl adjacent to an activating group) is 1. The monoisotopic (exact) mass is 287 g/mol. The Morgan fingerprint density at radius 3 is 3.06 bits per heavy atom. The van der Waals surface area contributed by atoms with Crippen molar-refractivity contribution in [3.63, 3.8) is 0 Å². The number of carbonyl (C=O) groups excluding carboxylic acids is 1. The van der Waals surface area contributed by atoms with Crippen molar-refractivity contribution in [2.45, 2.75) is 19.0 Å². The summed E-state index contributed by atoms with van der Waals surface area (Å²) < 4.78 is 0.795. The van der Waals surface area contributed by atoms with Crippen LogP contribution in [0, 0.1) is 0 Å². The van der Waals surface area contributed by atoms with Crippen LogP contribution in [-0.2, 0) is 4.79 Å². The first kappa shape index (κ1) is 13.8. The van der Waals surface area contributed by atoms with Crippen molar-refractivity contribution in [1.82, 2.24) is 15.5 Å². The minimum absolute atomic E-state index is 0.0664. The van der Waals surface area contributed by atoms with E-state index in [-0.39, 0.29) is 18.0 Å². The Bertz CT molecular complexity index is 423. The predicted octanol–water partition coefficient (Wildman–Crippen LogP) is 1.48. The lowest BCUT2D eigenvalue weighted by atomic mass is 10.1. The van der Waals surface area contributed by atoms with Crippen molar-refractivity contribution in [2.75, 3.05) is 26.7 Å². The average Bonchev–Trinajstić information content (AvgIpc) is 2.83. The molecule has 0 saturated carbocycles. The van der Waals surface area contributed by atoms with Crippen LogP contribution in [0.5, 0.6) is 0 Å². The van der Waals surface area contributed by atoms with Gasteiger partial charge >= 0.3 is 0 Å². The minimum atomic E-state index is -0.111. The van der Waals surface area contributed by atoms with Crippen LogP contribution in [0.3, 0.4) is 0 Å². The van der Waals surface area contributed by atoms with E-state index in [1.165, 1.54) is 4.88 Å². The van der Waals surface area contributed by atoms with E-state index in [4.69, 9.17) is 11.6 Å². The van der Waals surface area contributed by atoms with Gasteiger partial charge in [-0.25, -0.2) is 0 Å². The zero-order valence-corrected chi connectivity index (χ0v) is 12.1. The van der Waals surface area contributed by atoms with Crippen molar-refractivity contribution in [3.8, 4) is 0 Å². The highest BCUT2D eigenvalue weighted by molar-refractivity contribution is 7.16. The fourth-order valence-corrected chi connectivity index (χ4v) is 3.44. The molecule has 0 bridgehead atoms. The number of nitrogens with zero attached hydrogens (tertiary/aromatic N) is 1. The third kappa shape index (κ3) is 2.85. The van der Waals surface area contributed by atoms with Crippen molar-refractivity contribution in [3.05, 3.63) is 21.3 Å². The Kier molecular flexibility index (Phi) is 4.61. The predicted molar refractivity (Wildman–Crippen MR) is 75.2 cm³/mol. The molecule has 0 aliphatic carbocycles. The molecule has 1 saturated heterocycles. The van der Waals surface area contributed by atoms with Gasteiger partial charge in [0.25, 0.3) is 0 Å². The summed E-state index contributed by atoms with van der Waals surface area (Å²) in [7, 11) is 1.68. The van der Waals surface area contributed by atoms with Gasteiger partial charge in [-0.15, -0.1) is 11.3 Å². The van der Waals surface area contributed by atoms with Crippen molar-refractivity contribution < 1.29 is 4.79 Å². The number of piperazine rings is 1. The molecular weight excluding hydrogens is 270 g/mol. The first-order valence-electron chi connectivity index (χ1n) is 6.06. The van der Waals surface area contributed by atoms with Crippen molar-refractivity contribution in [1.29, 1.82) is 0 Å². The van der Waals surface area contributed by atoms with E-state index in [1.54, 1.807) is 18.4 Å². The van der Waals surface area contributed by atoms with E-state index in [0.717, 1.165) is 17.4 Å². The molecule has 100 valence electrons. The SMILES string of the molecule is CNC(=O)C1CNCCN1C(C)c1ccc(Cl)s1. The lowest BCUT2D eigenvalue weighted by Gasteiger charge is -2.38. The number of rotatable bonds is 3. The molecule has 1 aliphatic rings. The van der Waals surface area contributed by atoms with E-state index < -0.39 is 0 Å². The molecule has 18 heavy (non-hydrogen) atoms. The molecule has 1 aliphatic heterocycles. The number of halogens is 1. The highest BCUT2D eigenvalue weighted by atomic mass is 35.5. The number of thiophene rings is 1. The van der Waals surface area contributed by atoms with Crippen LogP contribution in [0.15, 0.2) is 12.1 Å². The van der Waals surface area contributed by atoms with Crippen LogP contribution in [0.25, 0.3) is 0 Å². The summed E-state index contributed by atoms with van der Waals surface area (Å²) in [6.45, 7) is 4.61. The van der Waals surface area contributed by atoms with E-state index in [2.05, 4.69) is 22.5 Å². The third-order valence-electron chi connectivity index (χ3n) is 3.34. The smallest absolute Gasteiger partial charge is 0.238 e. The maximum absolute atomic E-state index is 11.9. The van der Waals surface area contributed by atoms with Gasteiger partial charge in [0.1, 0.15) is 6.04 Å². The van der Waals surface area contributed by atoms with Crippen LogP contribution in [0.1, 0.15) is 17.8 Å². The van der Waals surface area contributed by atoms with Gasteiger partial charge in [0, 0.05) is 37.6 Å². The number of carbonyl (C=O) groups is 1. The topological polar surface area (TPSA) is 44.4 Å². The molecule has 1 aromatic heterocycles. The van der Waals surface area contributed by atoms with E-state index >= 15 is 0 Å². The van der Waals surface area contributed by atoms with Gasteiger partial charge in [-0.1, -0.05) is 11.6 Å². The average molecular weight is 288 g/mol. The van der Waals surface area contributed by atoms with Crippen LogP contribution >= 0.6 is 22.9 Å².